The lowest BCUT2D eigenvalue weighted by Gasteiger charge is -2.24. The molecule has 0 heterocycles. The molecule has 1 aromatic carbocycles. The van der Waals surface area contributed by atoms with Crippen molar-refractivity contribution in [1.29, 1.82) is 0 Å². The average molecular weight is 393 g/mol. The van der Waals surface area contributed by atoms with E-state index in [-0.39, 0.29) is 18.4 Å². The molecule has 2 saturated carbocycles. The Morgan fingerprint density at radius 3 is 2.71 bits per heavy atom. The molecule has 2 aliphatic carbocycles. The van der Waals surface area contributed by atoms with Crippen LogP contribution in [-0.4, -0.2) is 30.3 Å². The first kappa shape index (κ1) is 17.5. The van der Waals surface area contributed by atoms with Crippen LogP contribution in [0.15, 0.2) is 22.7 Å². The largest absolute Gasteiger partial charge is 0.336 e. The number of hydrogen-bond acceptors (Lipinski definition) is 2. The monoisotopic (exact) mass is 392 g/mol. The zero-order valence-electron chi connectivity index (χ0n) is 14.3. The summed E-state index contributed by atoms with van der Waals surface area (Å²) in [5.41, 5.74) is 1.78. The standard InChI is InChI=1S/C19H25BrN2O2/c1-12-7-16(20)5-6-17(12)21-18(23)11-22(2)19(24)10-15-9-13-3-4-14(15)8-13/h5-7,13-15H,3-4,8-11H2,1-2H3,(H,21,23). The van der Waals surface area contributed by atoms with Gasteiger partial charge in [0.2, 0.25) is 11.8 Å². The molecule has 2 aliphatic rings. The maximum Gasteiger partial charge on any atom is 0.243 e. The van der Waals surface area contributed by atoms with Crippen LogP contribution < -0.4 is 5.32 Å². The fourth-order valence-electron chi connectivity index (χ4n) is 4.27. The molecular weight excluding hydrogens is 368 g/mol. The molecule has 4 nitrogen and oxygen atoms in total. The van der Waals surface area contributed by atoms with Crippen molar-refractivity contribution in [2.75, 3.05) is 18.9 Å². The molecule has 0 aromatic heterocycles. The van der Waals surface area contributed by atoms with E-state index in [0.29, 0.717) is 12.3 Å². The summed E-state index contributed by atoms with van der Waals surface area (Å²) in [4.78, 5) is 26.2. The molecule has 5 heteroatoms. The number of amides is 2. The molecule has 2 bridgehead atoms. The van der Waals surface area contributed by atoms with E-state index in [1.165, 1.54) is 25.7 Å². The lowest BCUT2D eigenvalue weighted by Crippen LogP contribution is -2.36. The van der Waals surface area contributed by atoms with Crippen molar-refractivity contribution < 1.29 is 9.59 Å². The summed E-state index contributed by atoms with van der Waals surface area (Å²) in [7, 11) is 1.73. The summed E-state index contributed by atoms with van der Waals surface area (Å²) in [5, 5.41) is 2.89. The normalized spacial score (nSPS) is 24.9. The molecule has 2 fully saturated rings. The van der Waals surface area contributed by atoms with Crippen molar-refractivity contribution >= 4 is 33.4 Å². The number of halogens is 1. The number of likely N-dealkylation sites (N-methyl/N-ethyl adjacent to an activating group) is 1. The predicted octanol–water partition coefficient (Wildman–Crippen LogP) is 3.98. The minimum absolute atomic E-state index is 0.0928. The van der Waals surface area contributed by atoms with Crippen LogP contribution in [0.1, 0.15) is 37.7 Å². The van der Waals surface area contributed by atoms with E-state index in [0.717, 1.165) is 27.6 Å². The van der Waals surface area contributed by atoms with Gasteiger partial charge in [-0.2, -0.15) is 0 Å². The van der Waals surface area contributed by atoms with Gasteiger partial charge in [-0.05, 0) is 67.7 Å². The fourth-order valence-corrected chi connectivity index (χ4v) is 4.74. The molecule has 3 atom stereocenters. The summed E-state index contributed by atoms with van der Waals surface area (Å²) in [6.07, 6.45) is 5.75. The quantitative estimate of drug-likeness (QED) is 0.823. The Labute approximate surface area is 152 Å². The zero-order valence-corrected chi connectivity index (χ0v) is 15.9. The second-order valence-electron chi connectivity index (χ2n) is 7.40. The second kappa shape index (κ2) is 7.26. The van der Waals surface area contributed by atoms with Gasteiger partial charge in [0.15, 0.2) is 0 Å². The van der Waals surface area contributed by atoms with E-state index in [2.05, 4.69) is 21.2 Å². The fraction of sp³-hybridized carbons (Fsp3) is 0.579. The van der Waals surface area contributed by atoms with Crippen LogP contribution in [0.4, 0.5) is 5.69 Å². The first-order chi connectivity index (χ1) is 11.4. The van der Waals surface area contributed by atoms with E-state index >= 15 is 0 Å². The summed E-state index contributed by atoms with van der Waals surface area (Å²) in [5.74, 6) is 2.07. The van der Waals surface area contributed by atoms with Gasteiger partial charge in [-0.3, -0.25) is 9.59 Å². The van der Waals surface area contributed by atoms with Crippen LogP contribution in [0.2, 0.25) is 0 Å². The van der Waals surface area contributed by atoms with Crippen molar-refractivity contribution in [1.82, 2.24) is 4.90 Å². The van der Waals surface area contributed by atoms with Gasteiger partial charge in [-0.25, -0.2) is 0 Å². The topological polar surface area (TPSA) is 49.4 Å². The number of benzene rings is 1. The Morgan fingerprint density at radius 1 is 1.29 bits per heavy atom. The Bertz CT molecular complexity index is 646. The summed E-state index contributed by atoms with van der Waals surface area (Å²) >= 11 is 3.41. The van der Waals surface area contributed by atoms with Crippen LogP contribution in [-0.2, 0) is 9.59 Å². The van der Waals surface area contributed by atoms with Crippen LogP contribution in [0.5, 0.6) is 0 Å². The van der Waals surface area contributed by atoms with Crippen LogP contribution >= 0.6 is 15.9 Å². The van der Waals surface area contributed by atoms with Gasteiger partial charge in [0.25, 0.3) is 0 Å². The molecule has 1 aromatic rings. The number of rotatable bonds is 5. The number of anilines is 1. The third-order valence-electron chi connectivity index (χ3n) is 5.59. The second-order valence-corrected chi connectivity index (χ2v) is 8.31. The zero-order chi connectivity index (χ0) is 17.3. The third-order valence-corrected chi connectivity index (χ3v) is 6.08. The molecule has 3 rings (SSSR count). The highest BCUT2D eigenvalue weighted by Crippen LogP contribution is 2.49. The van der Waals surface area contributed by atoms with E-state index in [9.17, 15) is 9.59 Å². The number of nitrogens with one attached hydrogen (secondary N) is 1. The molecule has 24 heavy (non-hydrogen) atoms. The van der Waals surface area contributed by atoms with Crippen molar-refractivity contribution in [3.63, 3.8) is 0 Å². The van der Waals surface area contributed by atoms with Gasteiger partial charge in [0.05, 0.1) is 6.54 Å². The lowest BCUT2D eigenvalue weighted by molar-refractivity contribution is -0.134. The van der Waals surface area contributed by atoms with Crippen LogP contribution in [0.3, 0.4) is 0 Å². The molecule has 0 radical (unpaired) electrons. The average Bonchev–Trinajstić information content (AvgIpc) is 3.12. The number of carbonyl (C=O) groups excluding carboxylic acids is 2. The van der Waals surface area contributed by atoms with E-state index in [1.54, 1.807) is 11.9 Å². The number of nitrogens with zero attached hydrogens (tertiary/aromatic N) is 1. The Kier molecular flexibility index (Phi) is 5.28. The summed E-state index contributed by atoms with van der Waals surface area (Å²) < 4.78 is 0.983. The van der Waals surface area contributed by atoms with E-state index in [1.807, 2.05) is 25.1 Å². The van der Waals surface area contributed by atoms with Crippen LogP contribution in [0.25, 0.3) is 0 Å². The minimum atomic E-state index is -0.149. The Hall–Kier alpha value is -1.36. The molecular formula is C19H25BrN2O2. The maximum absolute atomic E-state index is 12.4. The molecule has 0 aliphatic heterocycles. The Balaban J connectivity index is 1.49. The highest BCUT2D eigenvalue weighted by atomic mass is 79.9. The number of fused-ring (bicyclic) bond motifs is 2. The van der Waals surface area contributed by atoms with Gasteiger partial charge < -0.3 is 10.2 Å². The highest BCUT2D eigenvalue weighted by Gasteiger charge is 2.40. The van der Waals surface area contributed by atoms with E-state index < -0.39 is 0 Å². The molecule has 130 valence electrons. The highest BCUT2D eigenvalue weighted by molar-refractivity contribution is 9.10. The van der Waals surface area contributed by atoms with E-state index in [4.69, 9.17) is 0 Å². The molecule has 1 N–H and O–H groups in total. The van der Waals surface area contributed by atoms with Crippen LogP contribution in [0, 0.1) is 24.7 Å². The SMILES string of the molecule is Cc1cc(Br)ccc1NC(=O)CN(C)C(=O)CC1CC2CCC1C2. The van der Waals surface area contributed by atoms with Crippen molar-refractivity contribution in [3.8, 4) is 0 Å². The minimum Gasteiger partial charge on any atom is -0.336 e. The van der Waals surface area contributed by atoms with Gasteiger partial charge in [0.1, 0.15) is 0 Å². The van der Waals surface area contributed by atoms with Gasteiger partial charge in [0, 0.05) is 23.6 Å². The summed E-state index contributed by atoms with van der Waals surface area (Å²) in [6, 6.07) is 5.72. The molecule has 2 amide bonds. The molecule has 0 saturated heterocycles. The van der Waals surface area contributed by atoms with Gasteiger partial charge in [-0.15, -0.1) is 0 Å². The van der Waals surface area contributed by atoms with Crippen molar-refractivity contribution in [2.45, 2.75) is 39.0 Å². The third kappa shape index (κ3) is 4.00. The van der Waals surface area contributed by atoms with Crippen molar-refractivity contribution in [2.24, 2.45) is 17.8 Å². The smallest absolute Gasteiger partial charge is 0.243 e. The molecule has 0 spiro atoms. The first-order valence-electron chi connectivity index (χ1n) is 8.72. The number of aryl methyl sites for hydroxylation is 1. The van der Waals surface area contributed by atoms with Crippen molar-refractivity contribution in [3.05, 3.63) is 28.2 Å². The number of carbonyl (C=O) groups is 2. The predicted molar refractivity (Wildman–Crippen MR) is 98.7 cm³/mol. The van der Waals surface area contributed by atoms with Gasteiger partial charge in [-0.1, -0.05) is 22.4 Å². The number of hydrogen-bond donors (Lipinski definition) is 1. The van der Waals surface area contributed by atoms with Gasteiger partial charge >= 0.3 is 0 Å². The first-order valence-corrected chi connectivity index (χ1v) is 9.51. The maximum atomic E-state index is 12.4. The Morgan fingerprint density at radius 2 is 2.08 bits per heavy atom. The summed E-state index contributed by atoms with van der Waals surface area (Å²) in [6.45, 7) is 2.06. The molecule has 3 unspecified atom stereocenters. The lowest BCUT2D eigenvalue weighted by atomic mass is 9.86.